The van der Waals surface area contributed by atoms with Crippen LogP contribution in [0.4, 0.5) is 0 Å². The number of aromatic nitrogens is 2. The zero-order valence-corrected chi connectivity index (χ0v) is 11.2. The molecule has 0 aromatic carbocycles. The number of nitrogens with zero attached hydrogens (tertiary/aromatic N) is 1. The molecule has 96 valence electrons. The van der Waals surface area contributed by atoms with Gasteiger partial charge in [0.05, 0.1) is 5.75 Å². The first-order chi connectivity index (χ1) is 8.31. The van der Waals surface area contributed by atoms with Crippen LogP contribution in [-0.4, -0.2) is 16.3 Å². The molecule has 0 aliphatic heterocycles. The highest BCUT2D eigenvalue weighted by atomic mass is 32.2. The lowest BCUT2D eigenvalue weighted by Crippen LogP contribution is -2.42. The summed E-state index contributed by atoms with van der Waals surface area (Å²) in [5.74, 6) is 1.05. The molecule has 4 nitrogen and oxygen atoms in total. The molecule has 1 aromatic heterocycles. The van der Waals surface area contributed by atoms with E-state index >= 15 is 0 Å². The van der Waals surface area contributed by atoms with Gasteiger partial charge >= 0.3 is 5.63 Å². The van der Waals surface area contributed by atoms with Crippen molar-refractivity contribution in [3.05, 3.63) is 16.1 Å². The predicted octanol–water partition coefficient (Wildman–Crippen LogP) is 1.88. The third kappa shape index (κ3) is 3.37. The van der Waals surface area contributed by atoms with Crippen LogP contribution in [0.25, 0.3) is 0 Å². The smallest absolute Gasteiger partial charge is 0.283 e. The second-order valence-corrected chi connectivity index (χ2v) is 5.97. The van der Waals surface area contributed by atoms with Gasteiger partial charge in [0.2, 0.25) is 0 Å². The molecule has 1 N–H and O–H groups in total. The molecular weight excluding hydrogens is 236 g/mol. The highest BCUT2D eigenvalue weighted by molar-refractivity contribution is 7.99. The standard InChI is InChI=1S/C12H20N2O2S/c1-2-11-12(15)16-13-14(11)8-9-17-10-6-4-3-5-7-10/h10H,2-9H2,1H3/p+1. The van der Waals surface area contributed by atoms with Gasteiger partial charge in [0, 0.05) is 11.7 Å². The molecule has 1 aliphatic carbocycles. The first-order valence-electron chi connectivity index (χ1n) is 6.53. The van der Waals surface area contributed by atoms with Crippen molar-refractivity contribution in [1.29, 1.82) is 0 Å². The summed E-state index contributed by atoms with van der Waals surface area (Å²) in [4.78, 5) is 11.3. The molecule has 0 unspecified atom stereocenters. The van der Waals surface area contributed by atoms with E-state index in [-0.39, 0.29) is 5.63 Å². The van der Waals surface area contributed by atoms with Crippen molar-refractivity contribution >= 4 is 11.8 Å². The van der Waals surface area contributed by atoms with Gasteiger partial charge in [-0.2, -0.15) is 11.8 Å². The maximum absolute atomic E-state index is 11.3. The van der Waals surface area contributed by atoms with Gasteiger partial charge in [-0.3, -0.25) is 4.52 Å². The molecule has 1 heterocycles. The molecule has 1 aromatic rings. The van der Waals surface area contributed by atoms with Crippen molar-refractivity contribution in [2.45, 2.75) is 57.2 Å². The van der Waals surface area contributed by atoms with Crippen LogP contribution in [-0.2, 0) is 13.0 Å². The SMILES string of the molecule is CCc1c(=O)o[nH][n+]1CCSC1CCCCC1. The number of rotatable bonds is 5. The van der Waals surface area contributed by atoms with Crippen LogP contribution in [0.1, 0.15) is 44.7 Å². The quantitative estimate of drug-likeness (QED) is 0.819. The third-order valence-corrected chi connectivity index (χ3v) is 4.73. The molecule has 0 bridgehead atoms. The Kier molecular flexibility index (Phi) is 4.71. The average molecular weight is 257 g/mol. The zero-order valence-electron chi connectivity index (χ0n) is 10.4. The average Bonchev–Trinajstić information content (AvgIpc) is 2.71. The molecule has 17 heavy (non-hydrogen) atoms. The number of thioether (sulfide) groups is 1. The molecule has 1 saturated carbocycles. The molecule has 2 rings (SSSR count). The van der Waals surface area contributed by atoms with E-state index in [1.165, 1.54) is 32.1 Å². The van der Waals surface area contributed by atoms with Gasteiger partial charge in [0.1, 0.15) is 0 Å². The Hall–Kier alpha value is -0.710. The van der Waals surface area contributed by atoms with Crippen LogP contribution in [0.3, 0.4) is 0 Å². The lowest BCUT2D eigenvalue weighted by atomic mass is 10.0. The van der Waals surface area contributed by atoms with Gasteiger partial charge in [-0.15, -0.1) is 0 Å². The molecule has 1 aliphatic rings. The van der Waals surface area contributed by atoms with E-state index in [1.54, 1.807) is 0 Å². The van der Waals surface area contributed by atoms with Gasteiger partial charge in [-0.1, -0.05) is 30.9 Å². The van der Waals surface area contributed by atoms with Gasteiger partial charge in [0.15, 0.2) is 6.54 Å². The molecule has 0 radical (unpaired) electrons. The lowest BCUT2D eigenvalue weighted by Gasteiger charge is -2.19. The highest BCUT2D eigenvalue weighted by Gasteiger charge is 2.19. The summed E-state index contributed by atoms with van der Waals surface area (Å²) in [6.07, 6.45) is 7.61. The molecule has 5 heteroatoms. The fourth-order valence-corrected chi connectivity index (χ4v) is 3.67. The van der Waals surface area contributed by atoms with Crippen molar-refractivity contribution in [3.63, 3.8) is 0 Å². The third-order valence-electron chi connectivity index (χ3n) is 3.37. The Morgan fingerprint density at radius 3 is 2.88 bits per heavy atom. The minimum atomic E-state index is -0.227. The van der Waals surface area contributed by atoms with Crippen molar-refractivity contribution < 1.29 is 9.20 Å². The molecule has 0 spiro atoms. The summed E-state index contributed by atoms with van der Waals surface area (Å²) in [6.45, 7) is 2.82. The molecule has 1 fully saturated rings. The van der Waals surface area contributed by atoms with Crippen molar-refractivity contribution in [3.8, 4) is 0 Å². The maximum atomic E-state index is 11.3. The highest BCUT2D eigenvalue weighted by Crippen LogP contribution is 2.27. The number of aryl methyl sites for hydroxylation is 1. The van der Waals surface area contributed by atoms with Crippen LogP contribution >= 0.6 is 11.8 Å². The van der Waals surface area contributed by atoms with Crippen LogP contribution < -0.4 is 10.3 Å². The first kappa shape index (κ1) is 12.7. The van der Waals surface area contributed by atoms with Crippen LogP contribution in [0, 0.1) is 0 Å². The van der Waals surface area contributed by atoms with E-state index in [1.807, 2.05) is 23.4 Å². The monoisotopic (exact) mass is 257 g/mol. The van der Waals surface area contributed by atoms with E-state index in [2.05, 4.69) is 5.27 Å². The van der Waals surface area contributed by atoms with Gasteiger partial charge in [0.25, 0.3) is 5.69 Å². The van der Waals surface area contributed by atoms with Gasteiger partial charge in [-0.05, 0) is 18.1 Å². The second kappa shape index (κ2) is 6.28. The topological polar surface area (TPSA) is 49.9 Å². The number of hydrogen-bond donors (Lipinski definition) is 1. The first-order valence-corrected chi connectivity index (χ1v) is 7.58. The Labute approximate surface area is 106 Å². The van der Waals surface area contributed by atoms with Crippen molar-refractivity contribution in [2.24, 2.45) is 0 Å². The Morgan fingerprint density at radius 2 is 2.18 bits per heavy atom. The van der Waals surface area contributed by atoms with Crippen LogP contribution in [0.5, 0.6) is 0 Å². The maximum Gasteiger partial charge on any atom is 0.429 e. The van der Waals surface area contributed by atoms with Gasteiger partial charge in [-0.25, -0.2) is 4.79 Å². The minimum Gasteiger partial charge on any atom is -0.283 e. The summed E-state index contributed by atoms with van der Waals surface area (Å²) < 4.78 is 6.65. The molecular formula is C12H21N2O2S+. The van der Waals surface area contributed by atoms with Crippen LogP contribution in [0.2, 0.25) is 0 Å². The van der Waals surface area contributed by atoms with E-state index in [0.29, 0.717) is 0 Å². The summed E-state index contributed by atoms with van der Waals surface area (Å²) in [7, 11) is 0. The normalized spacial score (nSPS) is 17.5. The minimum absolute atomic E-state index is 0.227. The number of nitrogens with one attached hydrogen (secondary N) is 1. The van der Waals surface area contributed by atoms with Crippen molar-refractivity contribution in [2.75, 3.05) is 5.75 Å². The Morgan fingerprint density at radius 1 is 1.41 bits per heavy atom. The molecule has 0 atom stereocenters. The summed E-state index contributed by atoms with van der Waals surface area (Å²) >= 11 is 2.04. The largest absolute Gasteiger partial charge is 0.429 e. The summed E-state index contributed by atoms with van der Waals surface area (Å²) in [5.41, 5.74) is 0.518. The predicted molar refractivity (Wildman–Crippen MR) is 68.2 cm³/mol. The fourth-order valence-electron chi connectivity index (χ4n) is 2.38. The van der Waals surface area contributed by atoms with E-state index < -0.39 is 0 Å². The van der Waals surface area contributed by atoms with E-state index in [9.17, 15) is 4.79 Å². The summed E-state index contributed by atoms with van der Waals surface area (Å²) in [5, 5.41) is 3.51. The van der Waals surface area contributed by atoms with E-state index in [4.69, 9.17) is 4.52 Å². The van der Waals surface area contributed by atoms with Gasteiger partial charge < -0.3 is 0 Å². The second-order valence-electron chi connectivity index (χ2n) is 4.56. The Bertz CT molecular complexity index is 393. The zero-order chi connectivity index (χ0) is 12.1. The summed E-state index contributed by atoms with van der Waals surface area (Å²) in [6, 6.07) is 0. The number of H-pyrrole nitrogens is 1. The van der Waals surface area contributed by atoms with Crippen molar-refractivity contribution in [1.82, 2.24) is 5.27 Å². The molecule has 0 amide bonds. The van der Waals surface area contributed by atoms with E-state index in [0.717, 1.165) is 29.7 Å². The van der Waals surface area contributed by atoms with Crippen LogP contribution in [0.15, 0.2) is 9.32 Å². The number of aromatic amines is 1. The molecule has 0 saturated heterocycles. The fraction of sp³-hybridized carbons (Fsp3) is 0.833. The Balaban J connectivity index is 1.79. The lowest BCUT2D eigenvalue weighted by molar-refractivity contribution is -0.764. The number of hydrogen-bond acceptors (Lipinski definition) is 3.